The van der Waals surface area contributed by atoms with Gasteiger partial charge in [0.1, 0.15) is 0 Å². The highest BCUT2D eigenvalue weighted by Gasteiger charge is 2.26. The zero-order valence-electron chi connectivity index (χ0n) is 9.50. The molecule has 0 saturated heterocycles. The Labute approximate surface area is 103 Å². The van der Waals surface area contributed by atoms with Crippen LogP contribution in [0.2, 0.25) is 0 Å². The molecular formula is C12H12N4O2. The fourth-order valence-corrected chi connectivity index (χ4v) is 1.98. The molecule has 1 aromatic heterocycles. The number of hydrogen-bond donors (Lipinski definition) is 3. The SMILES string of the molecule is O=C1NC(O)Nc2ncn(Cc3ccccc3)c21. The van der Waals surface area contributed by atoms with E-state index in [0.29, 0.717) is 18.1 Å². The van der Waals surface area contributed by atoms with E-state index < -0.39 is 6.35 Å². The fourth-order valence-electron chi connectivity index (χ4n) is 1.98. The van der Waals surface area contributed by atoms with Gasteiger partial charge in [-0.1, -0.05) is 30.3 Å². The normalized spacial score (nSPS) is 17.8. The standard InChI is InChI=1S/C12H12N4O2/c17-11-9-10(14-12(18)15-11)13-7-16(9)6-8-4-2-1-3-5-8/h1-5,7,12,14,18H,6H2,(H,15,17). The maximum atomic E-state index is 11.8. The van der Waals surface area contributed by atoms with Crippen LogP contribution in [0.5, 0.6) is 0 Å². The van der Waals surface area contributed by atoms with Crippen LogP contribution in [0, 0.1) is 0 Å². The van der Waals surface area contributed by atoms with Crippen LogP contribution in [0.1, 0.15) is 16.1 Å². The Bertz CT molecular complexity index is 579. The quantitative estimate of drug-likeness (QED) is 0.712. The number of amides is 1. The van der Waals surface area contributed by atoms with E-state index in [0.717, 1.165) is 5.56 Å². The lowest BCUT2D eigenvalue weighted by molar-refractivity contribution is 0.0803. The molecule has 2 heterocycles. The summed E-state index contributed by atoms with van der Waals surface area (Å²) in [4.78, 5) is 15.9. The van der Waals surface area contributed by atoms with Crippen molar-refractivity contribution in [2.45, 2.75) is 12.9 Å². The molecule has 0 saturated carbocycles. The number of nitrogens with one attached hydrogen (secondary N) is 2. The second kappa shape index (κ2) is 4.15. The summed E-state index contributed by atoms with van der Waals surface area (Å²) in [6.45, 7) is 0.564. The lowest BCUT2D eigenvalue weighted by Crippen LogP contribution is -2.45. The van der Waals surface area contributed by atoms with Crippen molar-refractivity contribution in [2.75, 3.05) is 5.32 Å². The molecule has 3 rings (SSSR count). The lowest BCUT2D eigenvalue weighted by Gasteiger charge is -2.21. The smallest absolute Gasteiger partial charge is 0.275 e. The minimum Gasteiger partial charge on any atom is -0.356 e. The summed E-state index contributed by atoms with van der Waals surface area (Å²) < 4.78 is 1.75. The molecule has 6 heteroatoms. The van der Waals surface area contributed by atoms with Crippen molar-refractivity contribution in [1.82, 2.24) is 14.9 Å². The van der Waals surface area contributed by atoms with Crippen molar-refractivity contribution in [3.63, 3.8) is 0 Å². The van der Waals surface area contributed by atoms with Crippen LogP contribution in [0.25, 0.3) is 0 Å². The summed E-state index contributed by atoms with van der Waals surface area (Å²) in [7, 11) is 0. The maximum absolute atomic E-state index is 11.8. The average molecular weight is 244 g/mol. The lowest BCUT2D eigenvalue weighted by atomic mass is 10.2. The molecule has 0 bridgehead atoms. The molecule has 1 amide bonds. The molecule has 6 nitrogen and oxygen atoms in total. The average Bonchev–Trinajstić information content (AvgIpc) is 2.73. The zero-order chi connectivity index (χ0) is 12.5. The van der Waals surface area contributed by atoms with Crippen molar-refractivity contribution < 1.29 is 9.90 Å². The number of anilines is 1. The Morgan fingerprint density at radius 2 is 2.06 bits per heavy atom. The largest absolute Gasteiger partial charge is 0.356 e. The van der Waals surface area contributed by atoms with Gasteiger partial charge >= 0.3 is 0 Å². The molecule has 1 aliphatic rings. The predicted octanol–water partition coefficient (Wildman–Crippen LogP) is 0.363. The number of aliphatic hydroxyl groups is 1. The van der Waals surface area contributed by atoms with Crippen molar-refractivity contribution >= 4 is 11.7 Å². The summed E-state index contributed by atoms with van der Waals surface area (Å²) in [6.07, 6.45) is 0.507. The van der Waals surface area contributed by atoms with E-state index in [-0.39, 0.29) is 5.91 Å². The van der Waals surface area contributed by atoms with E-state index in [9.17, 15) is 9.90 Å². The van der Waals surface area contributed by atoms with Crippen LogP contribution in [-0.2, 0) is 6.54 Å². The minimum atomic E-state index is -1.08. The van der Waals surface area contributed by atoms with Crippen LogP contribution in [0.15, 0.2) is 36.7 Å². The Morgan fingerprint density at radius 1 is 1.28 bits per heavy atom. The van der Waals surface area contributed by atoms with Gasteiger partial charge in [0.2, 0.25) is 6.35 Å². The molecule has 0 fully saturated rings. The highest BCUT2D eigenvalue weighted by atomic mass is 16.3. The first-order chi connectivity index (χ1) is 8.74. The number of aromatic nitrogens is 2. The monoisotopic (exact) mass is 244 g/mol. The molecule has 0 radical (unpaired) electrons. The molecule has 1 atom stereocenters. The second-order valence-corrected chi connectivity index (χ2v) is 4.08. The fraction of sp³-hybridized carbons (Fsp3) is 0.167. The number of rotatable bonds is 2. The van der Waals surface area contributed by atoms with E-state index >= 15 is 0 Å². The van der Waals surface area contributed by atoms with Crippen LogP contribution < -0.4 is 10.6 Å². The van der Waals surface area contributed by atoms with Crippen LogP contribution in [0.3, 0.4) is 0 Å². The molecule has 3 N–H and O–H groups in total. The van der Waals surface area contributed by atoms with Gasteiger partial charge < -0.3 is 20.3 Å². The summed E-state index contributed by atoms with van der Waals surface area (Å²) >= 11 is 0. The van der Waals surface area contributed by atoms with E-state index in [1.165, 1.54) is 0 Å². The van der Waals surface area contributed by atoms with Crippen molar-refractivity contribution in [3.05, 3.63) is 47.9 Å². The number of fused-ring (bicyclic) bond motifs is 1. The van der Waals surface area contributed by atoms with Gasteiger partial charge in [-0.2, -0.15) is 0 Å². The molecule has 92 valence electrons. The van der Waals surface area contributed by atoms with Crippen molar-refractivity contribution in [2.24, 2.45) is 0 Å². The molecule has 1 aliphatic heterocycles. The first-order valence-electron chi connectivity index (χ1n) is 5.58. The third-order valence-corrected chi connectivity index (χ3v) is 2.79. The Morgan fingerprint density at radius 3 is 2.83 bits per heavy atom. The van der Waals surface area contributed by atoms with Gasteiger partial charge in [-0.3, -0.25) is 4.79 Å². The Balaban J connectivity index is 1.93. The van der Waals surface area contributed by atoms with Crippen LogP contribution in [0.4, 0.5) is 5.82 Å². The number of imidazole rings is 1. The van der Waals surface area contributed by atoms with E-state index in [1.54, 1.807) is 10.9 Å². The summed E-state index contributed by atoms with van der Waals surface area (Å²) in [5.41, 5.74) is 1.51. The first kappa shape index (κ1) is 10.8. The van der Waals surface area contributed by atoms with Gasteiger partial charge in [-0.25, -0.2) is 4.98 Å². The topological polar surface area (TPSA) is 79.2 Å². The Hall–Kier alpha value is -2.34. The Kier molecular flexibility index (Phi) is 2.49. The second-order valence-electron chi connectivity index (χ2n) is 4.08. The van der Waals surface area contributed by atoms with Crippen LogP contribution >= 0.6 is 0 Å². The van der Waals surface area contributed by atoms with Gasteiger partial charge in [0.15, 0.2) is 11.5 Å². The summed E-state index contributed by atoms with van der Waals surface area (Å²) in [5.74, 6) is 0.0758. The maximum Gasteiger partial charge on any atom is 0.275 e. The predicted molar refractivity (Wildman–Crippen MR) is 64.9 cm³/mol. The van der Waals surface area contributed by atoms with E-state index in [1.807, 2.05) is 30.3 Å². The highest BCUT2D eigenvalue weighted by Crippen LogP contribution is 2.18. The molecular weight excluding hydrogens is 232 g/mol. The first-order valence-corrected chi connectivity index (χ1v) is 5.58. The minimum absolute atomic E-state index is 0.329. The third-order valence-electron chi connectivity index (χ3n) is 2.79. The highest BCUT2D eigenvalue weighted by molar-refractivity contribution is 5.99. The molecule has 18 heavy (non-hydrogen) atoms. The van der Waals surface area contributed by atoms with Gasteiger partial charge in [-0.15, -0.1) is 0 Å². The zero-order valence-corrected chi connectivity index (χ0v) is 9.50. The summed E-state index contributed by atoms with van der Waals surface area (Å²) in [5, 5.41) is 14.4. The number of hydrogen-bond acceptors (Lipinski definition) is 4. The molecule has 1 unspecified atom stereocenters. The summed E-state index contributed by atoms with van der Waals surface area (Å²) in [6, 6.07) is 9.80. The van der Waals surface area contributed by atoms with E-state index in [4.69, 9.17) is 0 Å². The van der Waals surface area contributed by atoms with Gasteiger partial charge in [0.25, 0.3) is 5.91 Å². The van der Waals surface area contributed by atoms with Crippen molar-refractivity contribution in [1.29, 1.82) is 0 Å². The van der Waals surface area contributed by atoms with Crippen LogP contribution in [-0.4, -0.2) is 26.9 Å². The molecule has 0 aliphatic carbocycles. The molecule has 1 aromatic carbocycles. The number of nitrogens with zero attached hydrogens (tertiary/aromatic N) is 2. The third kappa shape index (κ3) is 1.82. The number of aliphatic hydroxyl groups excluding tert-OH is 1. The van der Waals surface area contributed by atoms with Gasteiger partial charge in [-0.05, 0) is 5.56 Å². The number of carbonyl (C=O) groups is 1. The molecule has 0 spiro atoms. The number of carbonyl (C=O) groups excluding carboxylic acids is 1. The number of benzene rings is 1. The van der Waals surface area contributed by atoms with E-state index in [2.05, 4.69) is 15.6 Å². The van der Waals surface area contributed by atoms with Crippen molar-refractivity contribution in [3.8, 4) is 0 Å². The van der Waals surface area contributed by atoms with Gasteiger partial charge in [0.05, 0.1) is 6.33 Å². The molecule has 2 aromatic rings. The van der Waals surface area contributed by atoms with Gasteiger partial charge in [0, 0.05) is 6.54 Å².